The molecule has 1 aromatic rings. The first-order valence-electron chi connectivity index (χ1n) is 7.77. The Morgan fingerprint density at radius 3 is 2.48 bits per heavy atom. The van der Waals surface area contributed by atoms with Crippen LogP contribution in [0.5, 0.6) is 0 Å². The van der Waals surface area contributed by atoms with Crippen LogP contribution in [-0.4, -0.2) is 44.7 Å². The van der Waals surface area contributed by atoms with Crippen molar-refractivity contribution in [2.45, 2.75) is 31.2 Å². The smallest absolute Gasteiger partial charge is 0.211 e. The Kier molecular flexibility index (Phi) is 4.33. The van der Waals surface area contributed by atoms with Crippen molar-refractivity contribution in [3.05, 3.63) is 35.9 Å². The predicted molar refractivity (Wildman–Crippen MR) is 84.7 cm³/mol. The van der Waals surface area contributed by atoms with Crippen LogP contribution in [0.25, 0.3) is 0 Å². The summed E-state index contributed by atoms with van der Waals surface area (Å²) in [4.78, 5) is 0. The number of nitrogens with zero attached hydrogens (tertiary/aromatic N) is 1. The zero-order chi connectivity index (χ0) is 14.9. The second kappa shape index (κ2) is 6.07. The maximum atomic E-state index is 11.5. The highest BCUT2D eigenvalue weighted by atomic mass is 32.2. The summed E-state index contributed by atoms with van der Waals surface area (Å²) >= 11 is 0. The van der Waals surface area contributed by atoms with Gasteiger partial charge in [-0.05, 0) is 37.3 Å². The third-order valence-corrected chi connectivity index (χ3v) is 6.03. The molecule has 1 aliphatic carbocycles. The Morgan fingerprint density at radius 1 is 1.19 bits per heavy atom. The van der Waals surface area contributed by atoms with E-state index in [0.29, 0.717) is 31.0 Å². The van der Waals surface area contributed by atoms with E-state index in [-0.39, 0.29) is 0 Å². The molecule has 0 amide bonds. The molecular weight excluding hydrogens is 284 g/mol. The third-order valence-electron chi connectivity index (χ3n) is 4.73. The van der Waals surface area contributed by atoms with Crippen LogP contribution in [0.15, 0.2) is 30.3 Å². The van der Waals surface area contributed by atoms with Gasteiger partial charge in [0.15, 0.2) is 0 Å². The molecule has 0 unspecified atom stereocenters. The van der Waals surface area contributed by atoms with E-state index in [1.54, 1.807) is 4.31 Å². The van der Waals surface area contributed by atoms with Gasteiger partial charge in [-0.25, -0.2) is 12.7 Å². The first-order chi connectivity index (χ1) is 10.0. The first kappa shape index (κ1) is 15.0. The number of nitrogens with one attached hydrogen (secondary N) is 1. The maximum Gasteiger partial charge on any atom is 0.211 e. The lowest BCUT2D eigenvalue weighted by Crippen LogP contribution is -2.40. The minimum absolute atomic E-state index is 0.611. The lowest BCUT2D eigenvalue weighted by atomic mass is 9.98. The van der Waals surface area contributed by atoms with E-state index in [1.807, 2.05) is 0 Å². The number of piperidine rings is 1. The Morgan fingerprint density at radius 2 is 1.86 bits per heavy atom. The van der Waals surface area contributed by atoms with E-state index in [4.69, 9.17) is 0 Å². The minimum Gasteiger partial charge on any atom is -0.313 e. The second-order valence-corrected chi connectivity index (χ2v) is 8.36. The third kappa shape index (κ3) is 3.84. The summed E-state index contributed by atoms with van der Waals surface area (Å²) in [7, 11) is -3.00. The van der Waals surface area contributed by atoms with E-state index < -0.39 is 10.0 Å². The van der Waals surface area contributed by atoms with Crippen molar-refractivity contribution in [1.82, 2.24) is 9.62 Å². The van der Waals surface area contributed by atoms with Gasteiger partial charge in [0.2, 0.25) is 10.0 Å². The van der Waals surface area contributed by atoms with E-state index in [1.165, 1.54) is 18.2 Å². The Bertz CT molecular complexity index is 565. The normalized spacial score (nSPS) is 27.7. The molecular formula is C16H24N2O2S. The van der Waals surface area contributed by atoms with Gasteiger partial charge in [-0.15, -0.1) is 0 Å². The van der Waals surface area contributed by atoms with Gasteiger partial charge < -0.3 is 5.32 Å². The Hall–Kier alpha value is -0.910. The maximum absolute atomic E-state index is 11.5. The van der Waals surface area contributed by atoms with E-state index in [0.717, 1.165) is 19.4 Å². The average Bonchev–Trinajstić information content (AvgIpc) is 3.25. The molecule has 2 atom stereocenters. The summed E-state index contributed by atoms with van der Waals surface area (Å²) in [5.41, 5.74) is 1.43. The van der Waals surface area contributed by atoms with Crippen molar-refractivity contribution in [3.63, 3.8) is 0 Å². The fourth-order valence-corrected chi connectivity index (χ4v) is 4.13. The minimum atomic E-state index is -3.00. The monoisotopic (exact) mass is 308 g/mol. The number of rotatable bonds is 5. The molecule has 1 aromatic carbocycles. The Labute approximate surface area is 127 Å². The molecule has 2 aliphatic rings. The van der Waals surface area contributed by atoms with E-state index >= 15 is 0 Å². The van der Waals surface area contributed by atoms with Crippen molar-refractivity contribution in [2.24, 2.45) is 5.92 Å². The van der Waals surface area contributed by atoms with Crippen LogP contribution in [0.4, 0.5) is 0 Å². The van der Waals surface area contributed by atoms with Crippen LogP contribution in [0.3, 0.4) is 0 Å². The fourth-order valence-electron chi connectivity index (χ4n) is 3.25. The summed E-state index contributed by atoms with van der Waals surface area (Å²) in [6, 6.07) is 11.3. The predicted octanol–water partition coefficient (Wildman–Crippen LogP) is 1.80. The largest absolute Gasteiger partial charge is 0.313 e. The molecule has 1 heterocycles. The standard InChI is InChI=1S/C16H24N2O2S/c1-21(19,20)18-9-7-13(8-10-18)12-17-16-11-15(16)14-5-3-2-4-6-14/h2-6,13,15-17H,7-12H2,1H3/t15-,16+/m1/s1. The lowest BCUT2D eigenvalue weighted by molar-refractivity contribution is 0.268. The van der Waals surface area contributed by atoms with Crippen LogP contribution < -0.4 is 5.32 Å². The summed E-state index contributed by atoms with van der Waals surface area (Å²) in [5.74, 6) is 1.28. The molecule has 21 heavy (non-hydrogen) atoms. The number of sulfonamides is 1. The van der Waals surface area contributed by atoms with Crippen LogP contribution in [0.2, 0.25) is 0 Å². The van der Waals surface area contributed by atoms with Crippen molar-refractivity contribution in [2.75, 3.05) is 25.9 Å². The summed E-state index contributed by atoms with van der Waals surface area (Å²) < 4.78 is 24.6. The van der Waals surface area contributed by atoms with Gasteiger partial charge >= 0.3 is 0 Å². The van der Waals surface area contributed by atoms with Gasteiger partial charge in [-0.2, -0.15) is 0 Å². The number of hydrogen-bond donors (Lipinski definition) is 1. The summed E-state index contributed by atoms with van der Waals surface area (Å²) in [6.07, 6.45) is 4.48. The Balaban J connectivity index is 1.40. The van der Waals surface area contributed by atoms with Gasteiger partial charge in [0.25, 0.3) is 0 Å². The molecule has 3 rings (SSSR count). The molecule has 0 spiro atoms. The molecule has 116 valence electrons. The highest BCUT2D eigenvalue weighted by molar-refractivity contribution is 7.88. The quantitative estimate of drug-likeness (QED) is 0.902. The molecule has 0 radical (unpaired) electrons. The average molecular weight is 308 g/mol. The van der Waals surface area contributed by atoms with E-state index in [9.17, 15) is 8.42 Å². The van der Waals surface area contributed by atoms with Crippen molar-refractivity contribution < 1.29 is 8.42 Å². The molecule has 5 heteroatoms. The molecule has 1 saturated carbocycles. The van der Waals surface area contributed by atoms with Crippen LogP contribution >= 0.6 is 0 Å². The number of benzene rings is 1. The zero-order valence-corrected chi connectivity index (χ0v) is 13.3. The molecule has 0 bridgehead atoms. The van der Waals surface area contributed by atoms with Crippen molar-refractivity contribution in [3.8, 4) is 0 Å². The summed E-state index contributed by atoms with van der Waals surface area (Å²) in [6.45, 7) is 2.38. The summed E-state index contributed by atoms with van der Waals surface area (Å²) in [5, 5.41) is 3.66. The topological polar surface area (TPSA) is 49.4 Å². The SMILES string of the molecule is CS(=O)(=O)N1CCC(CN[C@H]2C[C@@H]2c2ccccc2)CC1. The van der Waals surface area contributed by atoms with Gasteiger partial charge in [0.1, 0.15) is 0 Å². The van der Waals surface area contributed by atoms with Gasteiger partial charge in [-0.3, -0.25) is 0 Å². The first-order valence-corrected chi connectivity index (χ1v) is 9.62. The number of hydrogen-bond acceptors (Lipinski definition) is 3. The van der Waals surface area contributed by atoms with Crippen LogP contribution in [0, 0.1) is 5.92 Å². The van der Waals surface area contributed by atoms with Crippen molar-refractivity contribution in [1.29, 1.82) is 0 Å². The molecule has 1 N–H and O–H groups in total. The van der Waals surface area contributed by atoms with Gasteiger partial charge in [0.05, 0.1) is 6.26 Å². The van der Waals surface area contributed by atoms with Crippen LogP contribution in [-0.2, 0) is 10.0 Å². The van der Waals surface area contributed by atoms with Gasteiger partial charge in [-0.1, -0.05) is 30.3 Å². The zero-order valence-electron chi connectivity index (χ0n) is 12.5. The molecule has 0 aromatic heterocycles. The highest BCUT2D eigenvalue weighted by Crippen LogP contribution is 2.40. The fraction of sp³-hybridized carbons (Fsp3) is 0.625. The van der Waals surface area contributed by atoms with Crippen molar-refractivity contribution >= 4 is 10.0 Å². The van der Waals surface area contributed by atoms with Gasteiger partial charge in [0, 0.05) is 25.0 Å². The highest BCUT2D eigenvalue weighted by Gasteiger charge is 2.38. The molecule has 1 aliphatic heterocycles. The lowest BCUT2D eigenvalue weighted by Gasteiger charge is -2.30. The van der Waals surface area contributed by atoms with E-state index in [2.05, 4.69) is 35.6 Å². The van der Waals surface area contributed by atoms with Crippen LogP contribution in [0.1, 0.15) is 30.7 Å². The molecule has 2 fully saturated rings. The molecule has 1 saturated heterocycles. The second-order valence-electron chi connectivity index (χ2n) is 6.37. The molecule has 4 nitrogen and oxygen atoms in total.